The first-order chi connectivity index (χ1) is 0. The first-order valence-electron chi connectivity index (χ1n) is 0. The smallest absolute Gasteiger partial charge is 0.0149 e. The van der Waals surface area contributed by atoms with Gasteiger partial charge in [0.15, 0.2) is 0 Å². The third-order valence-electron chi connectivity index (χ3n) is 0. The molecule has 0 aromatic rings. The molecule has 0 bridgehead atoms. The van der Waals surface area contributed by atoms with E-state index >= 15 is 0 Å². The summed E-state index contributed by atoms with van der Waals surface area (Å²) < 4.78 is 0. The molecule has 28 valence electrons. The third-order valence-corrected chi connectivity index (χ3v) is 0. The van der Waals surface area contributed by atoms with Crippen molar-refractivity contribution in [3.05, 3.63) is 0 Å². The second-order valence-corrected chi connectivity index (χ2v) is 0. The standard InChI is InChI=1S/Cr.Mg.Ni.H4Si.2H/h;;;1H4;;. The number of rotatable bonds is 0. The van der Waals surface area contributed by atoms with Gasteiger partial charge in [-0.15, -0.1) is 0 Å². The maximum atomic E-state index is 0. The van der Waals surface area contributed by atoms with E-state index < -0.39 is 0 Å². The zero-order valence-corrected chi connectivity index (χ0v) is 2.99. The molecular formula is H6CrMgNiSi. The van der Waals surface area contributed by atoms with Crippen LogP contribution in [0.3, 0.4) is 0 Å². The van der Waals surface area contributed by atoms with Crippen LogP contribution < -0.4 is 0 Å². The SMILES string of the molecule is [Cr].[MgH2].[Ni].[SiH4]. The maximum absolute atomic E-state index is 0. The first kappa shape index (κ1) is 37.4. The number of hydrogen-bond donors (Lipinski definition) is 0. The molecule has 0 aromatic carbocycles. The van der Waals surface area contributed by atoms with E-state index in [4.69, 9.17) is 0 Å². The Labute approximate surface area is 67.3 Å². The van der Waals surface area contributed by atoms with Gasteiger partial charge in [-0.05, 0) is 11.0 Å². The molecule has 0 aliphatic carbocycles. The largest absolute Gasteiger partial charge is 0.316 e. The van der Waals surface area contributed by atoms with Crippen molar-refractivity contribution in [3.63, 3.8) is 0 Å². The van der Waals surface area contributed by atoms with Crippen LogP contribution in [0.2, 0.25) is 0 Å². The van der Waals surface area contributed by atoms with Gasteiger partial charge in [0.2, 0.25) is 0 Å². The van der Waals surface area contributed by atoms with Crippen molar-refractivity contribution in [3.8, 4) is 0 Å². The van der Waals surface area contributed by atoms with E-state index in [0.29, 0.717) is 0 Å². The van der Waals surface area contributed by atoms with Gasteiger partial charge in [-0.1, -0.05) is 0 Å². The van der Waals surface area contributed by atoms with Crippen LogP contribution in [0.5, 0.6) is 0 Å². The van der Waals surface area contributed by atoms with Crippen molar-refractivity contribution in [2.45, 2.75) is 0 Å². The van der Waals surface area contributed by atoms with E-state index in [1.807, 2.05) is 0 Å². The van der Waals surface area contributed by atoms with E-state index in [-0.39, 0.29) is 67.9 Å². The summed E-state index contributed by atoms with van der Waals surface area (Å²) in [7, 11) is 0. The summed E-state index contributed by atoms with van der Waals surface area (Å²) in [5.74, 6) is 0. The minimum Gasteiger partial charge on any atom is -0.0149 e. The molecule has 0 saturated carbocycles. The second-order valence-electron chi connectivity index (χ2n) is 0. The summed E-state index contributed by atoms with van der Waals surface area (Å²) in [5.41, 5.74) is 0. The molecule has 0 aliphatic rings. The Hall–Kier alpha value is 2.01. The van der Waals surface area contributed by atoms with Crippen molar-refractivity contribution < 1.29 is 33.9 Å². The Kier molecular flexibility index (Phi) is 186. The molecular weight excluding hydrogens is 163 g/mol. The van der Waals surface area contributed by atoms with Crippen LogP contribution in [-0.4, -0.2) is 34.0 Å². The van der Waals surface area contributed by atoms with Crippen LogP contribution in [-0.2, 0) is 33.9 Å². The normalized spacial score (nSPS) is 0. The Balaban J connectivity index is 0. The molecule has 0 unspecified atom stereocenters. The summed E-state index contributed by atoms with van der Waals surface area (Å²) in [5, 5.41) is 0. The minimum absolute atomic E-state index is 0. The van der Waals surface area contributed by atoms with Gasteiger partial charge in [0.25, 0.3) is 0 Å². The molecule has 0 radical (unpaired) electrons. The zero-order valence-electron chi connectivity index (χ0n) is 0.724. The predicted octanol–water partition coefficient (Wildman–Crippen LogP) is -2.37. The van der Waals surface area contributed by atoms with E-state index in [2.05, 4.69) is 0 Å². The summed E-state index contributed by atoms with van der Waals surface area (Å²) in [4.78, 5) is 0. The van der Waals surface area contributed by atoms with Crippen LogP contribution in [0.1, 0.15) is 0 Å². The average Bonchev–Trinajstić information content (AvgIpc) is 0. The monoisotopic (exact) mass is 168 g/mol. The van der Waals surface area contributed by atoms with Crippen LogP contribution in [0.4, 0.5) is 0 Å². The minimum atomic E-state index is 0. The third kappa shape index (κ3) is 8.99. The van der Waals surface area contributed by atoms with Gasteiger partial charge in [0, 0.05) is 33.9 Å². The molecule has 0 aromatic heterocycles. The van der Waals surface area contributed by atoms with E-state index in [1.54, 1.807) is 0 Å². The van der Waals surface area contributed by atoms with E-state index in [1.165, 1.54) is 0 Å². The van der Waals surface area contributed by atoms with E-state index in [9.17, 15) is 0 Å². The second kappa shape index (κ2) is 19.9. The molecule has 0 nitrogen and oxygen atoms in total. The molecule has 0 rings (SSSR count). The van der Waals surface area contributed by atoms with Gasteiger partial charge in [-0.2, -0.15) is 0 Å². The molecule has 4 heavy (non-hydrogen) atoms. The van der Waals surface area contributed by atoms with Crippen molar-refractivity contribution >= 4 is 34.0 Å². The van der Waals surface area contributed by atoms with E-state index in [0.717, 1.165) is 0 Å². The zero-order chi connectivity index (χ0) is 0. The number of hydrogen-bond acceptors (Lipinski definition) is 0. The summed E-state index contributed by atoms with van der Waals surface area (Å²) in [6.45, 7) is 0. The van der Waals surface area contributed by atoms with Gasteiger partial charge >= 0.3 is 23.1 Å². The predicted molar refractivity (Wildman–Crippen MR) is 19.9 cm³/mol. The molecule has 0 heterocycles. The summed E-state index contributed by atoms with van der Waals surface area (Å²) >= 11 is 0. The fraction of sp³-hybridized carbons (Fsp3) is 0. The van der Waals surface area contributed by atoms with Crippen LogP contribution in [0.25, 0.3) is 0 Å². The molecule has 0 spiro atoms. The van der Waals surface area contributed by atoms with Gasteiger partial charge < -0.3 is 0 Å². The Bertz CT molecular complexity index is 8.00. The molecule has 0 atom stereocenters. The summed E-state index contributed by atoms with van der Waals surface area (Å²) in [6.07, 6.45) is 0. The van der Waals surface area contributed by atoms with Crippen LogP contribution in [0, 0.1) is 0 Å². The van der Waals surface area contributed by atoms with Crippen molar-refractivity contribution in [1.29, 1.82) is 0 Å². The van der Waals surface area contributed by atoms with Gasteiger partial charge in [-0.25, -0.2) is 0 Å². The van der Waals surface area contributed by atoms with Gasteiger partial charge in [0.1, 0.15) is 0 Å². The fourth-order valence-corrected chi connectivity index (χ4v) is 0. The molecule has 0 aliphatic heterocycles. The topological polar surface area (TPSA) is 0 Å². The average molecular weight is 169 g/mol. The maximum Gasteiger partial charge on any atom is 0.316 e. The Morgan fingerprint density at radius 1 is 1.00 bits per heavy atom. The fourth-order valence-electron chi connectivity index (χ4n) is 0. The molecule has 0 N–H and O–H groups in total. The molecule has 0 fully saturated rings. The molecule has 0 amide bonds. The van der Waals surface area contributed by atoms with Crippen LogP contribution in [0.15, 0.2) is 0 Å². The van der Waals surface area contributed by atoms with Crippen molar-refractivity contribution in [2.75, 3.05) is 0 Å². The van der Waals surface area contributed by atoms with Crippen LogP contribution >= 0.6 is 0 Å². The first-order valence-corrected chi connectivity index (χ1v) is 0. The van der Waals surface area contributed by atoms with Crippen molar-refractivity contribution in [1.82, 2.24) is 0 Å². The Morgan fingerprint density at radius 2 is 1.00 bits per heavy atom. The Morgan fingerprint density at radius 3 is 1.00 bits per heavy atom. The van der Waals surface area contributed by atoms with Gasteiger partial charge in [0.05, 0.1) is 0 Å². The van der Waals surface area contributed by atoms with Crippen molar-refractivity contribution in [2.24, 2.45) is 0 Å². The molecule has 4 heteroatoms. The summed E-state index contributed by atoms with van der Waals surface area (Å²) in [6, 6.07) is 0. The molecule has 0 saturated heterocycles. The quantitative estimate of drug-likeness (QED) is 0.355. The van der Waals surface area contributed by atoms with Gasteiger partial charge in [-0.3, -0.25) is 0 Å².